The van der Waals surface area contributed by atoms with Crippen LogP contribution in [0.2, 0.25) is 0 Å². The van der Waals surface area contributed by atoms with Crippen LogP contribution in [0.25, 0.3) is 0 Å². The predicted molar refractivity (Wildman–Crippen MR) is 67.4 cm³/mol. The van der Waals surface area contributed by atoms with Gasteiger partial charge in [-0.3, -0.25) is 0 Å². The molecule has 0 atom stereocenters. The van der Waals surface area contributed by atoms with Gasteiger partial charge < -0.3 is 5.32 Å². The zero-order valence-corrected chi connectivity index (χ0v) is 10.5. The molecule has 0 aliphatic rings. The molecule has 1 aromatic heterocycles. The highest BCUT2D eigenvalue weighted by Crippen LogP contribution is 2.09. The highest BCUT2D eigenvalue weighted by Gasteiger charge is 2.06. The second kappa shape index (κ2) is 7.00. The number of pyridine rings is 1. The fourth-order valence-corrected chi connectivity index (χ4v) is 1.52. The van der Waals surface area contributed by atoms with Gasteiger partial charge in [-0.15, -0.1) is 13.2 Å². The van der Waals surface area contributed by atoms with E-state index in [4.69, 9.17) is 0 Å². The largest absolute Gasteiger partial charge is 0.370 e. The van der Waals surface area contributed by atoms with Gasteiger partial charge in [-0.25, -0.2) is 13.4 Å². The van der Waals surface area contributed by atoms with Gasteiger partial charge in [-0.2, -0.15) is 0 Å². The standard InChI is InChI=1S/C9H14N2O2S.C2H4/c1-3-6-10-9-5-4-8(7-11-9)14(2,12)13;1-2/h4-5,7H,3,6H2,1-2H3,(H,10,11);1-2H2. The highest BCUT2D eigenvalue weighted by atomic mass is 32.2. The molecule has 5 heteroatoms. The van der Waals surface area contributed by atoms with Gasteiger partial charge in [0.2, 0.25) is 0 Å². The number of hydrogen-bond acceptors (Lipinski definition) is 4. The Morgan fingerprint density at radius 3 is 2.38 bits per heavy atom. The molecule has 0 aliphatic heterocycles. The molecule has 16 heavy (non-hydrogen) atoms. The molecule has 1 rings (SSSR count). The van der Waals surface area contributed by atoms with E-state index in [2.05, 4.69) is 30.4 Å². The topological polar surface area (TPSA) is 59.1 Å². The van der Waals surface area contributed by atoms with E-state index in [1.807, 2.05) is 0 Å². The van der Waals surface area contributed by atoms with Crippen molar-refractivity contribution in [2.45, 2.75) is 18.2 Å². The van der Waals surface area contributed by atoms with Crippen molar-refractivity contribution in [2.75, 3.05) is 18.1 Å². The first-order valence-corrected chi connectivity index (χ1v) is 6.83. The number of sulfone groups is 1. The van der Waals surface area contributed by atoms with Crippen LogP contribution in [-0.4, -0.2) is 26.2 Å². The Kier molecular flexibility index (Phi) is 6.41. The van der Waals surface area contributed by atoms with E-state index in [9.17, 15) is 8.42 Å². The van der Waals surface area contributed by atoms with Crippen molar-refractivity contribution in [3.8, 4) is 0 Å². The van der Waals surface area contributed by atoms with Crippen LogP contribution < -0.4 is 5.32 Å². The van der Waals surface area contributed by atoms with Gasteiger partial charge in [0, 0.05) is 19.0 Å². The van der Waals surface area contributed by atoms with Crippen LogP contribution in [0.15, 0.2) is 36.4 Å². The van der Waals surface area contributed by atoms with Crippen LogP contribution in [0.3, 0.4) is 0 Å². The first kappa shape index (κ1) is 14.6. The number of nitrogens with one attached hydrogen (secondary N) is 1. The number of anilines is 1. The Bertz CT molecular complexity index is 398. The lowest BCUT2D eigenvalue weighted by molar-refractivity contribution is 0.601. The van der Waals surface area contributed by atoms with E-state index in [1.165, 1.54) is 12.5 Å². The van der Waals surface area contributed by atoms with Crippen molar-refractivity contribution in [2.24, 2.45) is 0 Å². The van der Waals surface area contributed by atoms with Gasteiger partial charge in [-0.05, 0) is 18.6 Å². The summed E-state index contributed by atoms with van der Waals surface area (Å²) in [6.07, 6.45) is 3.55. The Morgan fingerprint density at radius 1 is 1.38 bits per heavy atom. The molecule has 90 valence electrons. The van der Waals surface area contributed by atoms with E-state index in [0.717, 1.165) is 13.0 Å². The maximum Gasteiger partial charge on any atom is 0.177 e. The molecule has 4 nitrogen and oxygen atoms in total. The van der Waals surface area contributed by atoms with Gasteiger partial charge in [0.25, 0.3) is 0 Å². The smallest absolute Gasteiger partial charge is 0.177 e. The van der Waals surface area contributed by atoms with Crippen LogP contribution in [-0.2, 0) is 9.84 Å². The fraction of sp³-hybridized carbons (Fsp3) is 0.364. The Balaban J connectivity index is 0.00000106. The molecule has 0 saturated carbocycles. The van der Waals surface area contributed by atoms with Crippen molar-refractivity contribution < 1.29 is 8.42 Å². The third kappa shape index (κ3) is 4.93. The molecule has 0 bridgehead atoms. The fourth-order valence-electron chi connectivity index (χ4n) is 0.957. The minimum atomic E-state index is -3.13. The molecule has 0 aliphatic carbocycles. The summed E-state index contributed by atoms with van der Waals surface area (Å²) in [7, 11) is -3.13. The van der Waals surface area contributed by atoms with Gasteiger partial charge in [0.15, 0.2) is 9.84 Å². The Labute approximate surface area is 97.3 Å². The Hall–Kier alpha value is -1.36. The van der Waals surface area contributed by atoms with Crippen molar-refractivity contribution in [3.05, 3.63) is 31.5 Å². The van der Waals surface area contributed by atoms with Crippen molar-refractivity contribution in [1.29, 1.82) is 0 Å². The average Bonchev–Trinajstić information content (AvgIpc) is 2.28. The van der Waals surface area contributed by atoms with Gasteiger partial charge in [0.05, 0.1) is 4.90 Å². The van der Waals surface area contributed by atoms with Crippen LogP contribution in [0.1, 0.15) is 13.3 Å². The lowest BCUT2D eigenvalue weighted by Gasteiger charge is -2.03. The summed E-state index contributed by atoms with van der Waals surface area (Å²) >= 11 is 0. The minimum Gasteiger partial charge on any atom is -0.370 e. The molecule has 0 radical (unpaired) electrons. The second-order valence-electron chi connectivity index (χ2n) is 3.08. The molecule has 1 heterocycles. The SMILES string of the molecule is C=C.CCCNc1ccc(S(C)(=O)=O)cn1. The first-order valence-electron chi connectivity index (χ1n) is 4.94. The molecule has 1 aromatic rings. The molecule has 0 saturated heterocycles. The number of hydrogen-bond donors (Lipinski definition) is 1. The normalized spacial score (nSPS) is 10.1. The summed E-state index contributed by atoms with van der Waals surface area (Å²) < 4.78 is 22.2. The molecule has 0 fully saturated rings. The summed E-state index contributed by atoms with van der Waals surface area (Å²) in [5.41, 5.74) is 0. The van der Waals surface area contributed by atoms with Crippen molar-refractivity contribution in [3.63, 3.8) is 0 Å². The van der Waals surface area contributed by atoms with Crippen molar-refractivity contribution in [1.82, 2.24) is 4.98 Å². The second-order valence-corrected chi connectivity index (χ2v) is 5.09. The zero-order valence-electron chi connectivity index (χ0n) is 9.73. The van der Waals surface area contributed by atoms with Crippen LogP contribution in [0, 0.1) is 0 Å². The average molecular weight is 242 g/mol. The minimum absolute atomic E-state index is 0.250. The first-order chi connectivity index (χ1) is 7.54. The molecular formula is C11H18N2O2S. The highest BCUT2D eigenvalue weighted by molar-refractivity contribution is 7.90. The summed E-state index contributed by atoms with van der Waals surface area (Å²) in [5.74, 6) is 0.708. The van der Waals surface area contributed by atoms with E-state index >= 15 is 0 Å². The summed E-state index contributed by atoms with van der Waals surface area (Å²) in [5, 5.41) is 3.07. The van der Waals surface area contributed by atoms with Gasteiger partial charge >= 0.3 is 0 Å². The molecule has 0 spiro atoms. The number of rotatable bonds is 4. The maximum absolute atomic E-state index is 11.1. The lowest BCUT2D eigenvalue weighted by Crippen LogP contribution is -2.03. The molecule has 0 aromatic carbocycles. The lowest BCUT2D eigenvalue weighted by atomic mass is 10.4. The quantitative estimate of drug-likeness (QED) is 0.821. The van der Waals surface area contributed by atoms with Crippen LogP contribution >= 0.6 is 0 Å². The molecule has 1 N–H and O–H groups in total. The maximum atomic E-state index is 11.1. The Morgan fingerprint density at radius 2 is 2.00 bits per heavy atom. The molecule has 0 unspecified atom stereocenters. The predicted octanol–water partition coefficient (Wildman–Crippen LogP) is 2.11. The van der Waals surface area contributed by atoms with E-state index in [-0.39, 0.29) is 4.90 Å². The van der Waals surface area contributed by atoms with Crippen molar-refractivity contribution >= 4 is 15.7 Å². The summed E-state index contributed by atoms with van der Waals surface area (Å²) in [6.45, 7) is 8.89. The van der Waals surface area contributed by atoms with Gasteiger partial charge in [-0.1, -0.05) is 6.92 Å². The molecule has 0 amide bonds. The monoisotopic (exact) mass is 242 g/mol. The zero-order chi connectivity index (χ0) is 12.6. The van der Waals surface area contributed by atoms with Crippen LogP contribution in [0.4, 0.5) is 5.82 Å². The summed E-state index contributed by atoms with van der Waals surface area (Å²) in [4.78, 5) is 4.24. The summed E-state index contributed by atoms with van der Waals surface area (Å²) in [6, 6.07) is 3.23. The number of nitrogens with zero attached hydrogens (tertiary/aromatic N) is 1. The number of aromatic nitrogens is 1. The third-order valence-electron chi connectivity index (χ3n) is 1.72. The third-order valence-corrected chi connectivity index (χ3v) is 2.82. The van der Waals surface area contributed by atoms with Gasteiger partial charge in [0.1, 0.15) is 5.82 Å². The van der Waals surface area contributed by atoms with E-state index in [0.29, 0.717) is 5.82 Å². The molecular weight excluding hydrogens is 224 g/mol. The van der Waals surface area contributed by atoms with E-state index < -0.39 is 9.84 Å². The van der Waals surface area contributed by atoms with Crippen LogP contribution in [0.5, 0.6) is 0 Å². The van der Waals surface area contributed by atoms with E-state index in [1.54, 1.807) is 12.1 Å².